The first-order valence-corrected chi connectivity index (χ1v) is 12.7. The summed E-state index contributed by atoms with van der Waals surface area (Å²) in [6.45, 7) is 7.05. The van der Waals surface area contributed by atoms with Gasteiger partial charge in [0.05, 0.1) is 35.6 Å². The van der Waals surface area contributed by atoms with Gasteiger partial charge in [0.25, 0.3) is 0 Å². The Morgan fingerprint density at radius 1 is 1.09 bits per heavy atom. The van der Waals surface area contributed by atoms with Crippen molar-refractivity contribution in [3.63, 3.8) is 0 Å². The predicted octanol–water partition coefficient (Wildman–Crippen LogP) is 3.59. The third-order valence-electron chi connectivity index (χ3n) is 6.40. The Balaban J connectivity index is 1.06. The van der Waals surface area contributed by atoms with E-state index in [1.54, 1.807) is 11.8 Å². The summed E-state index contributed by atoms with van der Waals surface area (Å²) < 4.78 is 8.21. The SMILES string of the molecule is Cn1c(CN2CCCN(CCCOc3ccc4c(c3)SCC(=O)N4)CC2)nc2ccccc21. The summed E-state index contributed by atoms with van der Waals surface area (Å²) in [4.78, 5) is 22.5. The summed E-state index contributed by atoms with van der Waals surface area (Å²) in [6, 6.07) is 14.3. The first kappa shape index (κ1) is 22.3. The summed E-state index contributed by atoms with van der Waals surface area (Å²) in [5, 5.41) is 2.90. The van der Waals surface area contributed by atoms with Gasteiger partial charge in [-0.25, -0.2) is 4.98 Å². The van der Waals surface area contributed by atoms with E-state index in [2.05, 4.69) is 51.0 Å². The molecule has 0 atom stereocenters. The Labute approximate surface area is 199 Å². The van der Waals surface area contributed by atoms with E-state index in [1.807, 2.05) is 18.2 Å². The van der Waals surface area contributed by atoms with Crippen LogP contribution >= 0.6 is 11.8 Å². The maximum atomic E-state index is 11.5. The van der Waals surface area contributed by atoms with Crippen LogP contribution in [0.1, 0.15) is 18.7 Å². The van der Waals surface area contributed by atoms with Crippen molar-refractivity contribution in [2.45, 2.75) is 24.3 Å². The van der Waals surface area contributed by atoms with Crippen LogP contribution in [0.25, 0.3) is 11.0 Å². The lowest BCUT2D eigenvalue weighted by Gasteiger charge is -2.22. The van der Waals surface area contributed by atoms with Gasteiger partial charge in [-0.05, 0) is 56.3 Å². The number of thioether (sulfide) groups is 1. The van der Waals surface area contributed by atoms with Gasteiger partial charge >= 0.3 is 0 Å². The molecule has 8 heteroatoms. The number of aryl methyl sites for hydroxylation is 1. The summed E-state index contributed by atoms with van der Waals surface area (Å²) in [7, 11) is 2.12. The number of carbonyl (C=O) groups excluding carboxylic acids is 1. The summed E-state index contributed by atoms with van der Waals surface area (Å²) >= 11 is 1.57. The molecule has 3 aromatic rings. The molecule has 1 fully saturated rings. The number of benzene rings is 2. The number of nitrogens with zero attached hydrogens (tertiary/aromatic N) is 4. The Hall–Kier alpha value is -2.55. The molecule has 174 valence electrons. The highest BCUT2D eigenvalue weighted by Crippen LogP contribution is 2.34. The van der Waals surface area contributed by atoms with Gasteiger partial charge < -0.3 is 19.5 Å². The maximum absolute atomic E-state index is 11.5. The molecule has 0 unspecified atom stereocenters. The number of anilines is 1. The van der Waals surface area contributed by atoms with Gasteiger partial charge in [0.1, 0.15) is 11.6 Å². The Bertz CT molecular complexity index is 1130. The second kappa shape index (κ2) is 10.2. The number of hydrogen-bond donors (Lipinski definition) is 1. The van der Waals surface area contributed by atoms with E-state index in [4.69, 9.17) is 9.72 Å². The molecule has 2 aliphatic rings. The van der Waals surface area contributed by atoms with E-state index in [0.29, 0.717) is 12.4 Å². The fourth-order valence-electron chi connectivity index (χ4n) is 4.57. The number of amides is 1. The number of imidazole rings is 1. The number of hydrogen-bond acceptors (Lipinski definition) is 6. The highest BCUT2D eigenvalue weighted by Gasteiger charge is 2.18. The Kier molecular flexibility index (Phi) is 6.85. The highest BCUT2D eigenvalue weighted by molar-refractivity contribution is 8.00. The fraction of sp³-hybridized carbons (Fsp3) is 0.440. The van der Waals surface area contributed by atoms with Gasteiger partial charge in [0.2, 0.25) is 5.91 Å². The zero-order chi connectivity index (χ0) is 22.6. The molecule has 0 bridgehead atoms. The number of nitrogens with one attached hydrogen (secondary N) is 1. The smallest absolute Gasteiger partial charge is 0.234 e. The minimum absolute atomic E-state index is 0.0607. The van der Waals surface area contributed by atoms with Crippen LogP contribution in [0.2, 0.25) is 0 Å². The second-order valence-corrected chi connectivity index (χ2v) is 9.76. The van der Waals surface area contributed by atoms with Crippen LogP contribution in [0.5, 0.6) is 5.75 Å². The van der Waals surface area contributed by atoms with Crippen LogP contribution in [-0.2, 0) is 18.4 Å². The van der Waals surface area contributed by atoms with E-state index in [1.165, 1.54) is 11.9 Å². The largest absolute Gasteiger partial charge is 0.494 e. The topological polar surface area (TPSA) is 62.6 Å². The lowest BCUT2D eigenvalue weighted by atomic mass is 10.3. The van der Waals surface area contributed by atoms with Gasteiger partial charge in [0.15, 0.2) is 0 Å². The molecule has 5 rings (SSSR count). The van der Waals surface area contributed by atoms with Gasteiger partial charge in [0, 0.05) is 31.6 Å². The van der Waals surface area contributed by atoms with Crippen molar-refractivity contribution in [3.8, 4) is 5.75 Å². The van der Waals surface area contributed by atoms with E-state index >= 15 is 0 Å². The van der Waals surface area contributed by atoms with Gasteiger partial charge in [-0.15, -0.1) is 11.8 Å². The summed E-state index contributed by atoms with van der Waals surface area (Å²) in [5.41, 5.74) is 3.16. The molecule has 0 spiro atoms. The number of carbonyl (C=O) groups is 1. The maximum Gasteiger partial charge on any atom is 0.234 e. The quantitative estimate of drug-likeness (QED) is 0.538. The van der Waals surface area contributed by atoms with Crippen LogP contribution in [0.15, 0.2) is 47.4 Å². The zero-order valence-corrected chi connectivity index (χ0v) is 19.9. The minimum atomic E-state index is 0.0607. The molecule has 1 amide bonds. The lowest BCUT2D eigenvalue weighted by Crippen LogP contribution is -2.32. The first-order valence-electron chi connectivity index (χ1n) is 11.7. The molecule has 1 aromatic heterocycles. The van der Waals surface area contributed by atoms with Crippen LogP contribution in [0, 0.1) is 0 Å². The molecular formula is C25H31N5O2S. The second-order valence-electron chi connectivity index (χ2n) is 8.74. The predicted molar refractivity (Wildman–Crippen MR) is 133 cm³/mol. The van der Waals surface area contributed by atoms with Crippen molar-refractivity contribution in [1.82, 2.24) is 19.4 Å². The average Bonchev–Trinajstić information content (AvgIpc) is 2.98. The third kappa shape index (κ3) is 5.34. The molecule has 1 saturated heterocycles. The van der Waals surface area contributed by atoms with Crippen molar-refractivity contribution in [2.75, 3.05) is 50.4 Å². The molecule has 2 aromatic carbocycles. The standard InChI is InChI=1S/C25H31N5O2S/c1-28-22-7-3-2-6-20(22)26-24(28)17-30-11-4-10-29(13-14-30)12-5-15-32-19-8-9-21-23(16-19)33-18-25(31)27-21/h2-3,6-9,16H,4-5,10-15,17-18H2,1H3,(H,27,31). The number of para-hydroxylation sites is 2. The van der Waals surface area contributed by atoms with Gasteiger partial charge in [-0.2, -0.15) is 0 Å². The lowest BCUT2D eigenvalue weighted by molar-refractivity contribution is -0.113. The number of fused-ring (bicyclic) bond motifs is 2. The average molecular weight is 466 g/mol. The van der Waals surface area contributed by atoms with Gasteiger partial charge in [-0.1, -0.05) is 12.1 Å². The third-order valence-corrected chi connectivity index (χ3v) is 7.45. The monoisotopic (exact) mass is 465 g/mol. The Morgan fingerprint density at radius 2 is 1.94 bits per heavy atom. The van der Waals surface area contributed by atoms with E-state index in [0.717, 1.165) is 73.4 Å². The molecule has 3 heterocycles. The van der Waals surface area contributed by atoms with Crippen LogP contribution in [0.4, 0.5) is 5.69 Å². The Morgan fingerprint density at radius 3 is 2.85 bits per heavy atom. The van der Waals surface area contributed by atoms with E-state index in [-0.39, 0.29) is 5.91 Å². The highest BCUT2D eigenvalue weighted by atomic mass is 32.2. The van der Waals surface area contributed by atoms with E-state index in [9.17, 15) is 4.79 Å². The number of aromatic nitrogens is 2. The summed E-state index contributed by atoms with van der Waals surface area (Å²) in [6.07, 6.45) is 2.18. The molecule has 1 N–H and O–H groups in total. The van der Waals surface area contributed by atoms with Crippen molar-refractivity contribution >= 4 is 34.4 Å². The van der Waals surface area contributed by atoms with Crippen molar-refractivity contribution in [2.24, 2.45) is 7.05 Å². The number of ether oxygens (including phenoxy) is 1. The fourth-order valence-corrected chi connectivity index (χ4v) is 5.40. The van der Waals surface area contributed by atoms with Crippen LogP contribution in [0.3, 0.4) is 0 Å². The minimum Gasteiger partial charge on any atom is -0.494 e. The molecule has 33 heavy (non-hydrogen) atoms. The van der Waals surface area contributed by atoms with Crippen molar-refractivity contribution in [3.05, 3.63) is 48.3 Å². The molecule has 0 radical (unpaired) electrons. The molecular weight excluding hydrogens is 434 g/mol. The van der Waals surface area contributed by atoms with Crippen LogP contribution in [-0.4, -0.2) is 70.3 Å². The summed E-state index contributed by atoms with van der Waals surface area (Å²) in [5.74, 6) is 2.55. The van der Waals surface area contributed by atoms with E-state index < -0.39 is 0 Å². The first-order chi connectivity index (χ1) is 16.2. The molecule has 7 nitrogen and oxygen atoms in total. The van der Waals surface area contributed by atoms with Crippen LogP contribution < -0.4 is 10.1 Å². The number of rotatable bonds is 7. The molecule has 0 saturated carbocycles. The van der Waals surface area contributed by atoms with Crippen molar-refractivity contribution in [1.29, 1.82) is 0 Å². The molecule has 2 aliphatic heterocycles. The van der Waals surface area contributed by atoms with Crippen molar-refractivity contribution < 1.29 is 9.53 Å². The van der Waals surface area contributed by atoms with Gasteiger partial charge in [-0.3, -0.25) is 9.69 Å². The normalized spacial score (nSPS) is 17.5. The molecule has 0 aliphatic carbocycles. The zero-order valence-electron chi connectivity index (χ0n) is 19.1.